The zero-order valence-corrected chi connectivity index (χ0v) is 12.8. The molecule has 0 heterocycles. The first-order valence-corrected chi connectivity index (χ1v) is 7.45. The van der Waals surface area contributed by atoms with E-state index in [1.807, 2.05) is 4.90 Å². The highest BCUT2D eigenvalue weighted by atomic mass is 16.2. The second-order valence-electron chi connectivity index (χ2n) is 6.20. The van der Waals surface area contributed by atoms with Crippen LogP contribution < -0.4 is 0 Å². The lowest BCUT2D eigenvalue weighted by Gasteiger charge is -2.35. The monoisotopic (exact) mass is 254 g/mol. The van der Waals surface area contributed by atoms with E-state index in [4.69, 9.17) is 0 Å². The van der Waals surface area contributed by atoms with Gasteiger partial charge in [-0.2, -0.15) is 0 Å². The van der Waals surface area contributed by atoms with Gasteiger partial charge in [0.1, 0.15) is 0 Å². The summed E-state index contributed by atoms with van der Waals surface area (Å²) in [5.74, 6) is 0.271. The van der Waals surface area contributed by atoms with Crippen LogP contribution in [0.4, 0.5) is 0 Å². The molecule has 0 aromatic rings. The number of likely N-dealkylation sites (N-methyl/N-ethyl adjacent to an activating group) is 1. The van der Waals surface area contributed by atoms with Gasteiger partial charge in [0.2, 0.25) is 5.91 Å². The normalized spacial score (nSPS) is 17.8. The van der Waals surface area contributed by atoms with E-state index in [1.54, 1.807) is 0 Å². The third kappa shape index (κ3) is 4.27. The zero-order chi connectivity index (χ0) is 13.7. The van der Waals surface area contributed by atoms with E-state index < -0.39 is 0 Å². The molecule has 3 nitrogen and oxygen atoms in total. The van der Waals surface area contributed by atoms with Gasteiger partial charge < -0.3 is 4.90 Å². The summed E-state index contributed by atoms with van der Waals surface area (Å²) in [6.45, 7) is 8.95. The van der Waals surface area contributed by atoms with Gasteiger partial charge in [0, 0.05) is 18.1 Å². The van der Waals surface area contributed by atoms with Gasteiger partial charge in [-0.3, -0.25) is 9.69 Å². The Labute approximate surface area is 113 Å². The van der Waals surface area contributed by atoms with E-state index >= 15 is 0 Å². The third-order valence-electron chi connectivity index (χ3n) is 3.98. The lowest BCUT2D eigenvalue weighted by molar-refractivity contribution is -0.136. The summed E-state index contributed by atoms with van der Waals surface area (Å²) in [5.41, 5.74) is 0. The van der Waals surface area contributed by atoms with Crippen LogP contribution in [-0.2, 0) is 4.79 Å². The van der Waals surface area contributed by atoms with Crippen molar-refractivity contribution in [1.29, 1.82) is 0 Å². The van der Waals surface area contributed by atoms with Gasteiger partial charge >= 0.3 is 0 Å². The number of nitrogens with zero attached hydrogens (tertiary/aromatic N) is 2. The molecule has 1 amide bonds. The summed E-state index contributed by atoms with van der Waals surface area (Å²) in [5, 5.41) is 0. The van der Waals surface area contributed by atoms with Gasteiger partial charge in [0.05, 0.1) is 6.54 Å². The van der Waals surface area contributed by atoms with E-state index in [2.05, 4.69) is 39.6 Å². The largest absolute Gasteiger partial charge is 0.337 e. The maximum Gasteiger partial charge on any atom is 0.237 e. The summed E-state index contributed by atoms with van der Waals surface area (Å²) in [7, 11) is 2.10. The SMILES string of the molecule is CC(C)N(C(=O)CN(C)C1CCCCC1)C(C)C. The van der Waals surface area contributed by atoms with Crippen LogP contribution >= 0.6 is 0 Å². The molecular formula is C15H30N2O. The fourth-order valence-electron chi connectivity index (χ4n) is 3.12. The Bertz CT molecular complexity index is 249. The van der Waals surface area contributed by atoms with E-state index in [0.717, 1.165) is 0 Å². The van der Waals surface area contributed by atoms with Crippen molar-refractivity contribution in [3.8, 4) is 0 Å². The highest BCUT2D eigenvalue weighted by Crippen LogP contribution is 2.21. The molecule has 0 aromatic heterocycles. The Morgan fingerprint density at radius 1 is 1.06 bits per heavy atom. The molecule has 1 aliphatic carbocycles. The van der Waals surface area contributed by atoms with Crippen LogP contribution in [-0.4, -0.2) is 47.4 Å². The second kappa shape index (κ2) is 7.13. The number of rotatable bonds is 5. The van der Waals surface area contributed by atoms with Crippen LogP contribution in [0, 0.1) is 0 Å². The number of carbonyl (C=O) groups excluding carboxylic acids is 1. The summed E-state index contributed by atoms with van der Waals surface area (Å²) in [4.78, 5) is 16.6. The van der Waals surface area contributed by atoms with Gasteiger partial charge in [0.25, 0.3) is 0 Å². The molecule has 1 fully saturated rings. The molecule has 1 aliphatic rings. The smallest absolute Gasteiger partial charge is 0.237 e. The van der Waals surface area contributed by atoms with Gasteiger partial charge in [-0.15, -0.1) is 0 Å². The van der Waals surface area contributed by atoms with E-state index in [9.17, 15) is 4.79 Å². The lowest BCUT2D eigenvalue weighted by Crippen LogP contribution is -2.48. The Kier molecular flexibility index (Phi) is 6.13. The Balaban J connectivity index is 2.51. The molecule has 0 saturated heterocycles. The first kappa shape index (κ1) is 15.5. The van der Waals surface area contributed by atoms with Crippen LogP contribution in [0.5, 0.6) is 0 Å². The van der Waals surface area contributed by atoms with Crippen LogP contribution in [0.3, 0.4) is 0 Å². The second-order valence-corrected chi connectivity index (χ2v) is 6.20. The van der Waals surface area contributed by atoms with Crippen LogP contribution in [0.15, 0.2) is 0 Å². The van der Waals surface area contributed by atoms with Crippen molar-refractivity contribution in [3.05, 3.63) is 0 Å². The Morgan fingerprint density at radius 2 is 1.56 bits per heavy atom. The molecule has 3 heteroatoms. The maximum atomic E-state index is 12.4. The molecule has 0 radical (unpaired) electrons. The molecule has 0 aliphatic heterocycles. The molecule has 0 spiro atoms. The number of amides is 1. The van der Waals surface area contributed by atoms with E-state index in [0.29, 0.717) is 12.6 Å². The highest BCUT2D eigenvalue weighted by molar-refractivity contribution is 5.78. The summed E-state index contributed by atoms with van der Waals surface area (Å²) >= 11 is 0. The van der Waals surface area contributed by atoms with Crippen LogP contribution in [0.2, 0.25) is 0 Å². The maximum absolute atomic E-state index is 12.4. The number of hydrogen-bond donors (Lipinski definition) is 0. The Hall–Kier alpha value is -0.570. The average molecular weight is 254 g/mol. The predicted octanol–water partition coefficient (Wildman–Crippen LogP) is 2.90. The van der Waals surface area contributed by atoms with Crippen molar-refractivity contribution in [2.45, 2.75) is 77.9 Å². The molecule has 0 unspecified atom stereocenters. The minimum atomic E-state index is 0.271. The van der Waals surface area contributed by atoms with Crippen molar-refractivity contribution in [3.63, 3.8) is 0 Å². The van der Waals surface area contributed by atoms with Crippen molar-refractivity contribution in [1.82, 2.24) is 9.80 Å². The fourth-order valence-corrected chi connectivity index (χ4v) is 3.12. The molecule has 0 atom stereocenters. The predicted molar refractivity (Wildman–Crippen MR) is 76.6 cm³/mol. The fraction of sp³-hybridized carbons (Fsp3) is 0.933. The topological polar surface area (TPSA) is 23.6 Å². The summed E-state index contributed by atoms with van der Waals surface area (Å²) in [6.07, 6.45) is 6.52. The van der Waals surface area contributed by atoms with Gasteiger partial charge in [0.15, 0.2) is 0 Å². The van der Waals surface area contributed by atoms with Crippen molar-refractivity contribution in [2.24, 2.45) is 0 Å². The standard InChI is InChI=1S/C15H30N2O/c1-12(2)17(13(3)4)15(18)11-16(5)14-9-7-6-8-10-14/h12-14H,6-11H2,1-5H3. The van der Waals surface area contributed by atoms with Crippen LogP contribution in [0.1, 0.15) is 59.8 Å². The number of carbonyl (C=O) groups is 1. The van der Waals surface area contributed by atoms with E-state index in [-0.39, 0.29) is 18.0 Å². The van der Waals surface area contributed by atoms with Gasteiger partial charge in [-0.05, 0) is 47.6 Å². The summed E-state index contributed by atoms with van der Waals surface area (Å²) in [6, 6.07) is 1.19. The quantitative estimate of drug-likeness (QED) is 0.753. The van der Waals surface area contributed by atoms with E-state index in [1.165, 1.54) is 32.1 Å². The first-order chi connectivity index (χ1) is 8.43. The number of hydrogen-bond acceptors (Lipinski definition) is 2. The minimum absolute atomic E-state index is 0.271. The van der Waals surface area contributed by atoms with Crippen LogP contribution in [0.25, 0.3) is 0 Å². The minimum Gasteiger partial charge on any atom is -0.337 e. The highest BCUT2D eigenvalue weighted by Gasteiger charge is 2.24. The van der Waals surface area contributed by atoms with Crippen molar-refractivity contribution in [2.75, 3.05) is 13.6 Å². The summed E-state index contributed by atoms with van der Waals surface area (Å²) < 4.78 is 0. The molecule has 0 N–H and O–H groups in total. The molecule has 1 rings (SSSR count). The molecule has 18 heavy (non-hydrogen) atoms. The van der Waals surface area contributed by atoms with Gasteiger partial charge in [-0.25, -0.2) is 0 Å². The third-order valence-corrected chi connectivity index (χ3v) is 3.98. The molecular weight excluding hydrogens is 224 g/mol. The zero-order valence-electron chi connectivity index (χ0n) is 12.8. The molecule has 106 valence electrons. The molecule has 0 aromatic carbocycles. The average Bonchev–Trinajstić information content (AvgIpc) is 2.28. The molecule has 0 bridgehead atoms. The Morgan fingerprint density at radius 3 is 2.00 bits per heavy atom. The van der Waals surface area contributed by atoms with Gasteiger partial charge in [-0.1, -0.05) is 19.3 Å². The van der Waals surface area contributed by atoms with Crippen molar-refractivity contribution < 1.29 is 4.79 Å². The lowest BCUT2D eigenvalue weighted by atomic mass is 9.94. The molecule has 1 saturated carbocycles. The first-order valence-electron chi connectivity index (χ1n) is 7.45. The van der Waals surface area contributed by atoms with Crippen molar-refractivity contribution >= 4 is 5.91 Å².